The molecule has 0 amide bonds. The summed E-state index contributed by atoms with van der Waals surface area (Å²) in [5.41, 5.74) is 4.58. The Labute approximate surface area is 156 Å². The molecule has 0 aliphatic carbocycles. The van der Waals surface area contributed by atoms with Crippen molar-refractivity contribution in [2.24, 2.45) is 0 Å². The second kappa shape index (κ2) is 8.01. The van der Waals surface area contributed by atoms with Gasteiger partial charge in [0.05, 0.1) is 5.69 Å². The molecule has 0 saturated heterocycles. The summed E-state index contributed by atoms with van der Waals surface area (Å²) in [7, 11) is 0. The van der Waals surface area contributed by atoms with Crippen molar-refractivity contribution in [1.29, 1.82) is 0 Å². The van der Waals surface area contributed by atoms with Gasteiger partial charge in [0.1, 0.15) is 0 Å². The molecule has 0 unspecified atom stereocenters. The number of aromatic nitrogens is 1. The Morgan fingerprint density at radius 1 is 0.741 bits per heavy atom. The zero-order valence-corrected chi connectivity index (χ0v) is 14.3. The van der Waals surface area contributed by atoms with E-state index in [0.717, 1.165) is 40.2 Å². The molecule has 0 spiro atoms. The van der Waals surface area contributed by atoms with Gasteiger partial charge in [-0.15, -0.1) is 0 Å². The minimum Gasteiger partial charge on any atom is -0.478 e. The summed E-state index contributed by atoms with van der Waals surface area (Å²) in [4.78, 5) is 21.2. The van der Waals surface area contributed by atoms with Crippen molar-refractivity contribution in [3.63, 3.8) is 0 Å². The Bertz CT molecular complexity index is 927. The lowest BCUT2D eigenvalue weighted by Gasteiger charge is -2.10. The van der Waals surface area contributed by atoms with Gasteiger partial charge in [-0.05, 0) is 53.1 Å². The van der Waals surface area contributed by atoms with Crippen LogP contribution in [0.5, 0.6) is 0 Å². The molecule has 2 N–H and O–H groups in total. The van der Waals surface area contributed by atoms with Crippen LogP contribution in [0.3, 0.4) is 0 Å². The first-order valence-electron chi connectivity index (χ1n) is 8.23. The Balaban J connectivity index is 1.85. The fraction of sp³-hybridized carbons (Fsp3) is 0. The van der Waals surface area contributed by atoms with Crippen LogP contribution in [0.4, 0.5) is 0 Å². The van der Waals surface area contributed by atoms with E-state index in [1.807, 2.05) is 71.4 Å². The molecule has 27 heavy (non-hydrogen) atoms. The standard InChI is InChI=1S/C22H17NO4/c24-21(25)13-7-16-3-9-18(10-4-16)20-2-1-15-23(20)19-11-5-17(6-12-19)8-14-22(26)27/h1-15H,(H,24,25)(H,26,27)/b13-7+,14-8+. The molecule has 5 nitrogen and oxygen atoms in total. The third-order valence-corrected chi connectivity index (χ3v) is 3.96. The largest absolute Gasteiger partial charge is 0.478 e. The zero-order chi connectivity index (χ0) is 19.2. The third-order valence-electron chi connectivity index (χ3n) is 3.96. The molecule has 1 aromatic heterocycles. The summed E-state index contributed by atoms with van der Waals surface area (Å²) in [6, 6.07) is 19.1. The average Bonchev–Trinajstić information content (AvgIpc) is 3.15. The number of carbonyl (C=O) groups is 2. The highest BCUT2D eigenvalue weighted by atomic mass is 16.4. The molecule has 0 saturated carbocycles. The van der Waals surface area contributed by atoms with E-state index in [9.17, 15) is 9.59 Å². The van der Waals surface area contributed by atoms with Crippen molar-refractivity contribution in [3.8, 4) is 16.9 Å². The summed E-state index contributed by atoms with van der Waals surface area (Å²) in [5.74, 6) is -1.96. The first-order valence-corrected chi connectivity index (χ1v) is 8.23. The Kier molecular flexibility index (Phi) is 5.33. The predicted octanol–water partition coefficient (Wildman–Crippen LogP) is 4.34. The van der Waals surface area contributed by atoms with Crippen LogP contribution >= 0.6 is 0 Å². The van der Waals surface area contributed by atoms with Crippen LogP contribution < -0.4 is 0 Å². The maximum absolute atomic E-state index is 10.6. The van der Waals surface area contributed by atoms with Crippen molar-refractivity contribution in [2.45, 2.75) is 0 Å². The van der Waals surface area contributed by atoms with E-state index >= 15 is 0 Å². The van der Waals surface area contributed by atoms with E-state index in [1.54, 1.807) is 12.2 Å². The fourth-order valence-electron chi connectivity index (χ4n) is 2.69. The topological polar surface area (TPSA) is 79.5 Å². The van der Waals surface area contributed by atoms with E-state index < -0.39 is 11.9 Å². The van der Waals surface area contributed by atoms with Crippen LogP contribution in [0.15, 0.2) is 79.0 Å². The second-order valence-corrected chi connectivity index (χ2v) is 5.82. The molecule has 2 aromatic carbocycles. The lowest BCUT2D eigenvalue weighted by Crippen LogP contribution is -1.95. The number of nitrogens with zero attached hydrogens (tertiary/aromatic N) is 1. The van der Waals surface area contributed by atoms with Crippen molar-refractivity contribution in [3.05, 3.63) is 90.1 Å². The molecule has 134 valence electrons. The summed E-state index contributed by atoms with van der Waals surface area (Å²) in [6.07, 6.45) is 7.27. The molecule has 1 heterocycles. The number of carboxylic acids is 2. The molecule has 0 atom stereocenters. The van der Waals surface area contributed by atoms with Gasteiger partial charge < -0.3 is 14.8 Å². The molecule has 0 fully saturated rings. The van der Waals surface area contributed by atoms with E-state index in [2.05, 4.69) is 0 Å². The molecule has 0 bridgehead atoms. The van der Waals surface area contributed by atoms with Crippen LogP contribution in [-0.4, -0.2) is 26.7 Å². The fourth-order valence-corrected chi connectivity index (χ4v) is 2.69. The minimum atomic E-state index is -0.978. The maximum Gasteiger partial charge on any atom is 0.328 e. The van der Waals surface area contributed by atoms with Gasteiger partial charge in [-0.1, -0.05) is 36.4 Å². The molecule has 0 aliphatic heterocycles. The van der Waals surface area contributed by atoms with Crippen LogP contribution in [0, 0.1) is 0 Å². The monoisotopic (exact) mass is 359 g/mol. The third kappa shape index (κ3) is 4.61. The lowest BCUT2D eigenvalue weighted by atomic mass is 10.1. The Morgan fingerprint density at radius 3 is 1.78 bits per heavy atom. The number of hydrogen-bond donors (Lipinski definition) is 2. The maximum atomic E-state index is 10.6. The number of benzene rings is 2. The molecular formula is C22H17NO4. The van der Waals surface area contributed by atoms with Crippen LogP contribution in [0.25, 0.3) is 29.1 Å². The molecule has 0 radical (unpaired) electrons. The molecular weight excluding hydrogens is 342 g/mol. The van der Waals surface area contributed by atoms with Gasteiger partial charge in [-0.25, -0.2) is 9.59 Å². The van der Waals surface area contributed by atoms with Gasteiger partial charge in [0.25, 0.3) is 0 Å². The highest BCUT2D eigenvalue weighted by molar-refractivity contribution is 5.86. The summed E-state index contributed by atoms with van der Waals surface area (Å²) in [6.45, 7) is 0. The van der Waals surface area contributed by atoms with Gasteiger partial charge >= 0.3 is 11.9 Å². The highest BCUT2D eigenvalue weighted by Gasteiger charge is 2.06. The van der Waals surface area contributed by atoms with Crippen LogP contribution in [-0.2, 0) is 9.59 Å². The van der Waals surface area contributed by atoms with E-state index in [-0.39, 0.29) is 0 Å². The Hall–Kier alpha value is -3.86. The predicted molar refractivity (Wildman–Crippen MR) is 105 cm³/mol. The lowest BCUT2D eigenvalue weighted by molar-refractivity contribution is -0.132. The van der Waals surface area contributed by atoms with Crippen molar-refractivity contribution < 1.29 is 19.8 Å². The number of aliphatic carboxylic acids is 2. The summed E-state index contributed by atoms with van der Waals surface area (Å²) >= 11 is 0. The van der Waals surface area contributed by atoms with Gasteiger partial charge in [0.2, 0.25) is 0 Å². The number of carboxylic acid groups (broad SMARTS) is 2. The van der Waals surface area contributed by atoms with Crippen molar-refractivity contribution >= 4 is 24.1 Å². The van der Waals surface area contributed by atoms with Gasteiger partial charge in [0, 0.05) is 24.0 Å². The van der Waals surface area contributed by atoms with Crippen LogP contribution in [0.2, 0.25) is 0 Å². The van der Waals surface area contributed by atoms with Gasteiger partial charge in [0.15, 0.2) is 0 Å². The molecule has 3 rings (SSSR count). The van der Waals surface area contributed by atoms with Gasteiger partial charge in [-0.2, -0.15) is 0 Å². The zero-order valence-electron chi connectivity index (χ0n) is 14.3. The first-order chi connectivity index (χ1) is 13.0. The molecule has 5 heteroatoms. The highest BCUT2D eigenvalue weighted by Crippen LogP contribution is 2.25. The molecule has 0 aliphatic rings. The normalized spacial score (nSPS) is 11.3. The van der Waals surface area contributed by atoms with E-state index in [0.29, 0.717) is 0 Å². The van der Waals surface area contributed by atoms with Crippen molar-refractivity contribution in [1.82, 2.24) is 4.57 Å². The SMILES string of the molecule is O=C(O)/C=C/c1ccc(-c2cccn2-c2ccc(/C=C/C(=O)O)cc2)cc1. The number of hydrogen-bond acceptors (Lipinski definition) is 2. The molecule has 3 aromatic rings. The van der Waals surface area contributed by atoms with E-state index in [4.69, 9.17) is 10.2 Å². The minimum absolute atomic E-state index is 0.810. The van der Waals surface area contributed by atoms with Gasteiger partial charge in [-0.3, -0.25) is 0 Å². The Morgan fingerprint density at radius 2 is 1.26 bits per heavy atom. The number of rotatable bonds is 6. The van der Waals surface area contributed by atoms with Crippen molar-refractivity contribution in [2.75, 3.05) is 0 Å². The summed E-state index contributed by atoms with van der Waals surface area (Å²) < 4.78 is 2.03. The quantitative estimate of drug-likeness (QED) is 0.642. The average molecular weight is 359 g/mol. The first kappa shape index (κ1) is 17.9. The summed E-state index contributed by atoms with van der Waals surface area (Å²) in [5, 5.41) is 17.4. The van der Waals surface area contributed by atoms with E-state index in [1.165, 1.54) is 0 Å². The van der Waals surface area contributed by atoms with Crippen LogP contribution in [0.1, 0.15) is 11.1 Å². The second-order valence-electron chi connectivity index (χ2n) is 5.82. The smallest absolute Gasteiger partial charge is 0.328 e.